The highest BCUT2D eigenvalue weighted by Crippen LogP contribution is 2.40. The summed E-state index contributed by atoms with van der Waals surface area (Å²) in [5.74, 6) is 0.122. The van der Waals surface area contributed by atoms with Crippen molar-refractivity contribution in [1.29, 1.82) is 0 Å². The number of amides is 2. The van der Waals surface area contributed by atoms with E-state index in [0.29, 0.717) is 22.7 Å². The lowest BCUT2D eigenvalue weighted by atomic mass is 10.1. The highest BCUT2D eigenvalue weighted by Gasteiger charge is 2.29. The van der Waals surface area contributed by atoms with Gasteiger partial charge in [-0.3, -0.25) is 19.7 Å². The van der Waals surface area contributed by atoms with Crippen molar-refractivity contribution in [3.63, 3.8) is 0 Å². The predicted octanol–water partition coefficient (Wildman–Crippen LogP) is 3.37. The first-order valence-corrected chi connectivity index (χ1v) is 9.17. The fourth-order valence-electron chi connectivity index (χ4n) is 2.88. The fraction of sp³-hybridized carbons (Fsp3) is 0.250. The summed E-state index contributed by atoms with van der Waals surface area (Å²) in [5.41, 5.74) is 1.78. The highest BCUT2D eigenvalue weighted by molar-refractivity contribution is 6.01. The lowest BCUT2D eigenvalue weighted by molar-refractivity contribution is -0.384. The van der Waals surface area contributed by atoms with Gasteiger partial charge in [0.2, 0.25) is 5.91 Å². The van der Waals surface area contributed by atoms with Crippen LogP contribution in [0.25, 0.3) is 11.1 Å². The molecular weight excluding hydrogens is 376 g/mol. The van der Waals surface area contributed by atoms with Gasteiger partial charge in [-0.2, -0.15) is 0 Å². The molecule has 1 aromatic heterocycles. The van der Waals surface area contributed by atoms with Crippen LogP contribution in [0.15, 0.2) is 46.9 Å². The first kappa shape index (κ1) is 18.6. The van der Waals surface area contributed by atoms with Crippen molar-refractivity contribution in [3.8, 4) is 0 Å². The molecule has 2 amide bonds. The number of anilines is 1. The number of rotatable bonds is 6. The Kier molecular flexibility index (Phi) is 4.71. The number of nitrogens with one attached hydrogen (secondary N) is 2. The van der Waals surface area contributed by atoms with Crippen molar-refractivity contribution in [3.05, 3.63) is 64.0 Å². The van der Waals surface area contributed by atoms with E-state index in [1.54, 1.807) is 18.2 Å². The van der Waals surface area contributed by atoms with Gasteiger partial charge in [0.05, 0.1) is 4.92 Å². The van der Waals surface area contributed by atoms with Crippen LogP contribution in [0.1, 0.15) is 41.9 Å². The normalized spacial score (nSPS) is 14.4. The number of hydrogen-bond donors (Lipinski definition) is 2. The summed E-state index contributed by atoms with van der Waals surface area (Å²) in [6.07, 6.45) is 2.16. The molecule has 0 bridgehead atoms. The van der Waals surface area contributed by atoms with E-state index in [0.717, 1.165) is 24.8 Å². The Morgan fingerprint density at radius 2 is 2.03 bits per heavy atom. The number of nitro benzene ring substituents is 1. The second-order valence-corrected chi connectivity index (χ2v) is 7.00. The number of non-ortho nitro benzene ring substituents is 1. The summed E-state index contributed by atoms with van der Waals surface area (Å²) in [5, 5.41) is 16.1. The summed E-state index contributed by atoms with van der Waals surface area (Å²) in [7, 11) is 0. The maximum Gasteiger partial charge on any atom is 0.270 e. The van der Waals surface area contributed by atoms with Gasteiger partial charge in [0, 0.05) is 29.3 Å². The molecule has 9 nitrogen and oxygen atoms in total. The third-order valence-corrected chi connectivity index (χ3v) is 4.66. The zero-order chi connectivity index (χ0) is 20.5. The third-order valence-electron chi connectivity index (χ3n) is 4.66. The zero-order valence-corrected chi connectivity index (χ0v) is 15.5. The molecule has 1 fully saturated rings. The van der Waals surface area contributed by atoms with Gasteiger partial charge in [-0.15, -0.1) is 0 Å². The number of nitro groups is 1. The van der Waals surface area contributed by atoms with Gasteiger partial charge in [0.25, 0.3) is 11.6 Å². The maximum absolute atomic E-state index is 12.4. The molecule has 29 heavy (non-hydrogen) atoms. The van der Waals surface area contributed by atoms with Crippen LogP contribution >= 0.6 is 0 Å². The van der Waals surface area contributed by atoms with E-state index >= 15 is 0 Å². The second-order valence-electron chi connectivity index (χ2n) is 7.00. The summed E-state index contributed by atoms with van der Waals surface area (Å²) in [6.45, 7) is 1.53. The van der Waals surface area contributed by atoms with Gasteiger partial charge in [-0.05, 0) is 44.0 Å². The van der Waals surface area contributed by atoms with Crippen LogP contribution in [0.4, 0.5) is 11.4 Å². The summed E-state index contributed by atoms with van der Waals surface area (Å²) in [4.78, 5) is 39.5. The first-order chi connectivity index (χ1) is 13.9. The monoisotopic (exact) mass is 394 g/mol. The molecule has 148 valence electrons. The largest absolute Gasteiger partial charge is 0.440 e. The summed E-state index contributed by atoms with van der Waals surface area (Å²) < 4.78 is 5.70. The van der Waals surface area contributed by atoms with E-state index in [1.807, 2.05) is 0 Å². The van der Waals surface area contributed by atoms with Crippen molar-refractivity contribution in [1.82, 2.24) is 10.3 Å². The number of hydrogen-bond acceptors (Lipinski definition) is 6. The van der Waals surface area contributed by atoms with Crippen LogP contribution in [-0.4, -0.2) is 27.8 Å². The highest BCUT2D eigenvalue weighted by atomic mass is 16.6. The molecule has 0 radical (unpaired) electrons. The van der Waals surface area contributed by atoms with E-state index < -0.39 is 22.8 Å². The third kappa shape index (κ3) is 4.08. The number of carbonyl (C=O) groups excluding carboxylic acids is 2. The fourth-order valence-corrected chi connectivity index (χ4v) is 2.88. The molecule has 0 saturated heterocycles. The van der Waals surface area contributed by atoms with Crippen LogP contribution in [0.2, 0.25) is 0 Å². The Labute approximate surface area is 165 Å². The van der Waals surface area contributed by atoms with Crippen LogP contribution in [0.3, 0.4) is 0 Å². The molecule has 1 heterocycles. The number of aromatic nitrogens is 1. The topological polar surface area (TPSA) is 127 Å². The van der Waals surface area contributed by atoms with E-state index in [-0.39, 0.29) is 11.3 Å². The van der Waals surface area contributed by atoms with Crippen LogP contribution in [0.5, 0.6) is 0 Å². The molecule has 1 aliphatic rings. The van der Waals surface area contributed by atoms with Gasteiger partial charge >= 0.3 is 0 Å². The van der Waals surface area contributed by atoms with E-state index in [1.165, 1.54) is 25.1 Å². The van der Waals surface area contributed by atoms with Gasteiger partial charge in [-0.25, -0.2) is 4.98 Å². The standard InChI is InChI=1S/C20H18N4O5/c1-11(21-19(26)13-3-2-4-15(9-13)24(27)28)18(25)22-14-7-8-17-16(10-14)23-20(29-17)12-5-6-12/h2-4,7-12H,5-6H2,1H3,(H,21,26)(H,22,25). The number of nitrogens with zero attached hydrogens (tertiary/aromatic N) is 2. The minimum absolute atomic E-state index is 0.107. The minimum atomic E-state index is -0.850. The van der Waals surface area contributed by atoms with Crippen LogP contribution in [-0.2, 0) is 4.79 Å². The van der Waals surface area contributed by atoms with Crippen molar-refractivity contribution in [2.75, 3.05) is 5.32 Å². The molecule has 1 aliphatic carbocycles. The number of oxazole rings is 1. The maximum atomic E-state index is 12.4. The predicted molar refractivity (Wildman–Crippen MR) is 105 cm³/mol. The molecule has 4 rings (SSSR count). The van der Waals surface area contributed by atoms with Crippen molar-refractivity contribution < 1.29 is 18.9 Å². The average molecular weight is 394 g/mol. The Balaban J connectivity index is 1.41. The van der Waals surface area contributed by atoms with Gasteiger partial charge in [-0.1, -0.05) is 6.07 Å². The molecule has 2 aromatic carbocycles. The number of benzene rings is 2. The average Bonchev–Trinajstić information content (AvgIpc) is 3.47. The van der Waals surface area contributed by atoms with Gasteiger partial charge in [0.15, 0.2) is 11.5 Å². The lowest BCUT2D eigenvalue weighted by Crippen LogP contribution is -2.41. The molecule has 1 atom stereocenters. The number of carbonyl (C=O) groups is 2. The smallest absolute Gasteiger partial charge is 0.270 e. The molecule has 1 saturated carbocycles. The van der Waals surface area contributed by atoms with Crippen LogP contribution < -0.4 is 10.6 Å². The minimum Gasteiger partial charge on any atom is -0.440 e. The van der Waals surface area contributed by atoms with E-state index in [9.17, 15) is 19.7 Å². The quantitative estimate of drug-likeness (QED) is 0.487. The molecule has 0 spiro atoms. The van der Waals surface area contributed by atoms with Crippen LogP contribution in [0, 0.1) is 10.1 Å². The van der Waals surface area contributed by atoms with Gasteiger partial charge < -0.3 is 15.1 Å². The second kappa shape index (κ2) is 7.34. The molecule has 9 heteroatoms. The lowest BCUT2D eigenvalue weighted by Gasteiger charge is -2.14. The first-order valence-electron chi connectivity index (χ1n) is 9.17. The molecule has 1 unspecified atom stereocenters. The Bertz CT molecular complexity index is 1120. The van der Waals surface area contributed by atoms with Gasteiger partial charge in [0.1, 0.15) is 11.6 Å². The Morgan fingerprint density at radius 1 is 1.24 bits per heavy atom. The SMILES string of the molecule is CC(NC(=O)c1cccc([N+](=O)[O-])c1)C(=O)Nc1ccc2oc(C3CC3)nc2c1. The molecule has 3 aromatic rings. The van der Waals surface area contributed by atoms with E-state index in [2.05, 4.69) is 15.6 Å². The molecule has 0 aliphatic heterocycles. The summed E-state index contributed by atoms with van der Waals surface area (Å²) >= 11 is 0. The van der Waals surface area contributed by atoms with Crippen molar-refractivity contribution in [2.24, 2.45) is 0 Å². The zero-order valence-electron chi connectivity index (χ0n) is 15.5. The van der Waals surface area contributed by atoms with E-state index in [4.69, 9.17) is 4.42 Å². The molecular formula is C20H18N4O5. The van der Waals surface area contributed by atoms with Crippen molar-refractivity contribution >= 4 is 34.3 Å². The summed E-state index contributed by atoms with van der Waals surface area (Å²) in [6, 6.07) is 9.64. The Morgan fingerprint density at radius 3 is 2.76 bits per heavy atom. The Hall–Kier alpha value is -3.75. The van der Waals surface area contributed by atoms with Crippen molar-refractivity contribution in [2.45, 2.75) is 31.7 Å². The number of fused-ring (bicyclic) bond motifs is 1. The molecule has 2 N–H and O–H groups in total.